The molecule has 8 nitrogen and oxygen atoms in total. The molecular formula is C40H48N2O6S4Si2. The third kappa shape index (κ3) is 9.22. The molecule has 0 radical (unpaired) electrons. The third-order valence-electron chi connectivity index (χ3n) is 9.60. The van der Waals surface area contributed by atoms with Gasteiger partial charge in [-0.25, -0.2) is 9.97 Å². The molecule has 6 aromatic rings. The summed E-state index contributed by atoms with van der Waals surface area (Å²) in [6.45, 7) is 4.35. The lowest BCUT2D eigenvalue weighted by Gasteiger charge is -2.25. The molecule has 0 saturated carbocycles. The predicted octanol–water partition coefficient (Wildman–Crippen LogP) is 11.3. The zero-order chi connectivity index (χ0) is 38.3. The molecule has 0 saturated heterocycles. The van der Waals surface area contributed by atoms with Gasteiger partial charge in [-0.05, 0) is 87.1 Å². The van der Waals surface area contributed by atoms with Gasteiger partial charge in [0.2, 0.25) is 0 Å². The number of rotatable bonds is 19. The summed E-state index contributed by atoms with van der Waals surface area (Å²) in [5.74, 6) is 0. The van der Waals surface area contributed by atoms with Crippen LogP contribution in [0.3, 0.4) is 0 Å². The molecule has 0 fully saturated rings. The number of aryl methyl sites for hydroxylation is 4. The van der Waals surface area contributed by atoms with Crippen LogP contribution in [0.25, 0.3) is 41.6 Å². The number of thiazole rings is 2. The molecular weight excluding hydrogens is 789 g/mol. The summed E-state index contributed by atoms with van der Waals surface area (Å²) in [6, 6.07) is 27.4. The monoisotopic (exact) mass is 836 g/mol. The second-order valence-electron chi connectivity index (χ2n) is 13.0. The van der Waals surface area contributed by atoms with Crippen molar-refractivity contribution in [2.24, 2.45) is 0 Å². The van der Waals surface area contributed by atoms with E-state index in [9.17, 15) is 0 Å². The van der Waals surface area contributed by atoms with Crippen molar-refractivity contribution in [3.05, 3.63) is 95.1 Å². The minimum absolute atomic E-state index is 0.719. The van der Waals surface area contributed by atoms with Gasteiger partial charge in [0.1, 0.15) is 10.0 Å². The van der Waals surface area contributed by atoms with Gasteiger partial charge in [0.05, 0.1) is 20.4 Å². The van der Waals surface area contributed by atoms with Crippen LogP contribution in [-0.2, 0) is 39.4 Å². The van der Waals surface area contributed by atoms with E-state index >= 15 is 0 Å². The van der Waals surface area contributed by atoms with Crippen LogP contribution in [0.1, 0.15) is 35.1 Å². The van der Waals surface area contributed by atoms with Crippen LogP contribution in [0.4, 0.5) is 0 Å². The van der Waals surface area contributed by atoms with Crippen LogP contribution in [0, 0.1) is 13.8 Å². The fourth-order valence-corrected chi connectivity index (χ4v) is 15.2. The molecule has 0 aliphatic carbocycles. The average Bonchev–Trinajstić information content (AvgIpc) is 3.83. The molecule has 6 rings (SSSR count). The molecule has 286 valence electrons. The zero-order valence-corrected chi connectivity index (χ0v) is 37.4. The fourth-order valence-electron chi connectivity index (χ4n) is 6.74. The van der Waals surface area contributed by atoms with Crippen molar-refractivity contribution in [3.63, 3.8) is 0 Å². The predicted molar refractivity (Wildman–Crippen MR) is 231 cm³/mol. The Morgan fingerprint density at radius 3 is 1.26 bits per heavy atom. The van der Waals surface area contributed by atoms with Gasteiger partial charge in [0, 0.05) is 75.7 Å². The van der Waals surface area contributed by atoms with Gasteiger partial charge < -0.3 is 26.6 Å². The number of hydrogen-bond donors (Lipinski definition) is 0. The van der Waals surface area contributed by atoms with Crippen LogP contribution in [0.2, 0.25) is 12.1 Å². The largest absolute Gasteiger partial charge is 0.500 e. The minimum atomic E-state index is -2.73. The summed E-state index contributed by atoms with van der Waals surface area (Å²) in [5.41, 5.74) is 9.31. The van der Waals surface area contributed by atoms with Gasteiger partial charge in [-0.3, -0.25) is 0 Å². The van der Waals surface area contributed by atoms with Crippen molar-refractivity contribution in [3.8, 4) is 21.1 Å². The van der Waals surface area contributed by atoms with E-state index in [1.807, 2.05) is 21.6 Å². The van der Waals surface area contributed by atoms with Crippen molar-refractivity contribution in [2.45, 2.75) is 61.4 Å². The molecule has 0 unspecified atom stereocenters. The van der Waals surface area contributed by atoms with Gasteiger partial charge in [-0.1, -0.05) is 69.1 Å². The van der Waals surface area contributed by atoms with Crippen molar-refractivity contribution >= 4 is 82.3 Å². The Kier molecular flexibility index (Phi) is 14.2. The lowest BCUT2D eigenvalue weighted by Crippen LogP contribution is -2.42. The zero-order valence-electron chi connectivity index (χ0n) is 32.1. The Labute approximate surface area is 337 Å². The standard InChI is InChI=1S/C40H48N2O6S4Si2/c1-27-23-29(15-13-21-53(43-3,44-4)45-5)37(31(25-27)39-41-33-17-9-11-19-35(33)49-39)51-52-38-30(16-14-22-54(46-6,47-7)48-8)24-28(2)26-32(38)40-42-34-18-10-12-20-36(34)50-40/h9-12,17-20,23-26H,13-16,21-22H2,1-8H3. The summed E-state index contributed by atoms with van der Waals surface area (Å²) < 4.78 is 37.1. The average molecular weight is 837 g/mol. The second-order valence-corrected chi connectivity index (χ2v) is 23.4. The van der Waals surface area contributed by atoms with Crippen molar-refractivity contribution < 1.29 is 26.6 Å². The van der Waals surface area contributed by atoms with Gasteiger partial charge in [-0.15, -0.1) is 22.7 Å². The van der Waals surface area contributed by atoms with Crippen molar-refractivity contribution in [1.29, 1.82) is 0 Å². The minimum Gasteiger partial charge on any atom is -0.377 e. The van der Waals surface area contributed by atoms with Crippen LogP contribution in [0.5, 0.6) is 0 Å². The molecule has 2 heterocycles. The number of nitrogens with zero attached hydrogens (tertiary/aromatic N) is 2. The van der Waals surface area contributed by atoms with Gasteiger partial charge >= 0.3 is 17.6 Å². The number of hydrogen-bond acceptors (Lipinski definition) is 12. The first kappa shape index (κ1) is 41.2. The maximum absolute atomic E-state index is 5.79. The Bertz CT molecular complexity index is 1950. The van der Waals surface area contributed by atoms with E-state index in [0.717, 1.165) is 69.9 Å². The Morgan fingerprint density at radius 1 is 0.537 bits per heavy atom. The first-order valence-electron chi connectivity index (χ1n) is 17.8. The second kappa shape index (κ2) is 18.7. The van der Waals surface area contributed by atoms with E-state index in [4.69, 9.17) is 36.5 Å². The van der Waals surface area contributed by atoms with Gasteiger partial charge in [-0.2, -0.15) is 0 Å². The third-order valence-corrected chi connectivity index (χ3v) is 20.0. The molecule has 0 atom stereocenters. The summed E-state index contributed by atoms with van der Waals surface area (Å²) in [6.07, 6.45) is 3.41. The SMILES string of the molecule is CO[Si](CCCc1cc(C)cc(-c2nc3ccccc3s2)c1SSc1c(CCC[Si](OC)(OC)OC)cc(C)cc1-c1nc2ccccc2s1)(OC)OC. The number of aromatic nitrogens is 2. The van der Waals surface area contributed by atoms with E-state index < -0.39 is 17.6 Å². The van der Waals surface area contributed by atoms with Gasteiger partial charge in [0.15, 0.2) is 0 Å². The highest BCUT2D eigenvalue weighted by molar-refractivity contribution is 8.76. The Morgan fingerprint density at radius 2 is 0.907 bits per heavy atom. The molecule has 0 N–H and O–H groups in total. The summed E-state index contributed by atoms with van der Waals surface area (Å²) in [4.78, 5) is 12.7. The summed E-state index contributed by atoms with van der Waals surface area (Å²) in [5, 5.41) is 2.04. The Hall–Kier alpha value is -2.45. The van der Waals surface area contributed by atoms with Crippen LogP contribution < -0.4 is 0 Å². The molecule has 0 aliphatic rings. The quantitative estimate of drug-likeness (QED) is 0.0581. The molecule has 0 aliphatic heterocycles. The van der Waals surface area contributed by atoms with E-state index in [2.05, 4.69) is 86.6 Å². The topological polar surface area (TPSA) is 81.2 Å². The molecule has 0 spiro atoms. The lowest BCUT2D eigenvalue weighted by atomic mass is 10.0. The highest BCUT2D eigenvalue weighted by Crippen LogP contribution is 2.50. The fraction of sp³-hybridized carbons (Fsp3) is 0.350. The molecule has 2 aromatic heterocycles. The number of fused-ring (bicyclic) bond motifs is 2. The molecule has 0 bridgehead atoms. The van der Waals surface area contributed by atoms with Crippen LogP contribution in [-0.4, -0.2) is 70.2 Å². The maximum Gasteiger partial charge on any atom is 0.500 e. The van der Waals surface area contributed by atoms with Crippen molar-refractivity contribution in [2.75, 3.05) is 42.7 Å². The maximum atomic E-state index is 5.79. The van der Waals surface area contributed by atoms with E-state index in [1.165, 1.54) is 41.4 Å². The lowest BCUT2D eigenvalue weighted by molar-refractivity contribution is 0.122. The highest BCUT2D eigenvalue weighted by atomic mass is 33.1. The molecule has 14 heteroatoms. The smallest absolute Gasteiger partial charge is 0.377 e. The first-order valence-corrected chi connectivity index (χ1v) is 25.5. The van der Waals surface area contributed by atoms with E-state index in [0.29, 0.717) is 0 Å². The Balaban J connectivity index is 1.43. The molecule has 54 heavy (non-hydrogen) atoms. The molecule has 4 aromatic carbocycles. The highest BCUT2D eigenvalue weighted by Gasteiger charge is 2.38. The van der Waals surface area contributed by atoms with E-state index in [1.54, 1.807) is 65.3 Å². The molecule has 0 amide bonds. The van der Waals surface area contributed by atoms with Crippen molar-refractivity contribution in [1.82, 2.24) is 9.97 Å². The number of benzene rings is 4. The van der Waals surface area contributed by atoms with Gasteiger partial charge in [0.25, 0.3) is 0 Å². The normalized spacial score (nSPS) is 12.4. The first-order chi connectivity index (χ1) is 26.2. The number of para-hydroxylation sites is 2. The summed E-state index contributed by atoms with van der Waals surface area (Å²) >= 11 is 3.49. The summed E-state index contributed by atoms with van der Waals surface area (Å²) in [7, 11) is 8.25. The van der Waals surface area contributed by atoms with E-state index in [-0.39, 0.29) is 0 Å². The van der Waals surface area contributed by atoms with Crippen LogP contribution >= 0.6 is 44.3 Å². The van der Waals surface area contributed by atoms with Crippen LogP contribution in [0.15, 0.2) is 82.6 Å².